The molecule has 1 aliphatic rings. The van der Waals surface area contributed by atoms with Crippen molar-refractivity contribution in [2.75, 3.05) is 27.4 Å². The number of likely N-dealkylation sites (N-methyl/N-ethyl adjacent to an activating group) is 1. The third-order valence-corrected chi connectivity index (χ3v) is 5.91. The molecule has 8 heteroatoms. The van der Waals surface area contributed by atoms with E-state index in [0.717, 1.165) is 15.8 Å². The first-order chi connectivity index (χ1) is 13.5. The molecule has 1 heterocycles. The lowest BCUT2D eigenvalue weighted by molar-refractivity contribution is -0.121. The van der Waals surface area contributed by atoms with Crippen molar-refractivity contribution in [3.63, 3.8) is 0 Å². The Morgan fingerprint density at radius 1 is 1.11 bits per heavy atom. The zero-order chi connectivity index (χ0) is 20.1. The van der Waals surface area contributed by atoms with Crippen molar-refractivity contribution in [1.29, 1.82) is 0 Å². The van der Waals surface area contributed by atoms with Gasteiger partial charge in [0.1, 0.15) is 23.3 Å². The van der Waals surface area contributed by atoms with E-state index in [2.05, 4.69) is 15.9 Å². The largest absolute Gasteiger partial charge is 0.493 e. The van der Waals surface area contributed by atoms with Crippen LogP contribution in [0.1, 0.15) is 5.56 Å². The summed E-state index contributed by atoms with van der Waals surface area (Å²) in [5.41, 5.74) is 0.837. The first-order valence-electron chi connectivity index (χ1n) is 8.38. The number of amides is 1. The molecule has 28 heavy (non-hydrogen) atoms. The van der Waals surface area contributed by atoms with Crippen LogP contribution in [-0.4, -0.2) is 42.5 Å². The number of hydrogen-bond acceptors (Lipinski definition) is 6. The fraction of sp³-hybridized carbons (Fsp3) is 0.200. The Hall–Kier alpha value is -2.03. The molecule has 5 nitrogen and oxygen atoms in total. The highest BCUT2D eigenvalue weighted by Crippen LogP contribution is 2.34. The van der Waals surface area contributed by atoms with Crippen LogP contribution in [0.25, 0.3) is 6.08 Å². The molecule has 2 aromatic carbocycles. The second kappa shape index (κ2) is 9.45. The van der Waals surface area contributed by atoms with Gasteiger partial charge in [0.2, 0.25) is 0 Å². The average molecular weight is 480 g/mol. The molecular weight excluding hydrogens is 462 g/mol. The summed E-state index contributed by atoms with van der Waals surface area (Å²) in [6, 6.07) is 13.1. The van der Waals surface area contributed by atoms with Crippen LogP contribution in [0.4, 0.5) is 0 Å². The monoisotopic (exact) mass is 479 g/mol. The van der Waals surface area contributed by atoms with E-state index < -0.39 is 0 Å². The first-order valence-corrected chi connectivity index (χ1v) is 10.4. The van der Waals surface area contributed by atoms with Gasteiger partial charge in [-0.2, -0.15) is 0 Å². The number of nitrogens with zero attached hydrogens (tertiary/aromatic N) is 1. The molecule has 2 aromatic rings. The number of carbonyl (C=O) groups excluding carboxylic acids is 1. The fourth-order valence-corrected chi connectivity index (χ4v) is 3.88. The van der Waals surface area contributed by atoms with Crippen molar-refractivity contribution >= 4 is 56.2 Å². The van der Waals surface area contributed by atoms with E-state index in [1.807, 2.05) is 42.5 Å². The lowest BCUT2D eigenvalue weighted by atomic mass is 10.2. The van der Waals surface area contributed by atoms with Crippen LogP contribution in [-0.2, 0) is 4.79 Å². The quantitative estimate of drug-likeness (QED) is 0.324. The molecular formula is C20H18BrNO4S2. The van der Waals surface area contributed by atoms with Gasteiger partial charge in [-0.3, -0.25) is 9.69 Å². The number of methoxy groups -OCH3 is 1. The molecule has 1 aliphatic heterocycles. The van der Waals surface area contributed by atoms with Crippen molar-refractivity contribution in [3.05, 3.63) is 57.4 Å². The van der Waals surface area contributed by atoms with Crippen molar-refractivity contribution in [2.45, 2.75) is 0 Å². The minimum absolute atomic E-state index is 0.0978. The van der Waals surface area contributed by atoms with Gasteiger partial charge in [0.05, 0.1) is 12.0 Å². The van der Waals surface area contributed by atoms with Gasteiger partial charge in [0.25, 0.3) is 5.91 Å². The molecule has 0 N–H and O–H groups in total. The highest BCUT2D eigenvalue weighted by atomic mass is 79.9. The minimum Gasteiger partial charge on any atom is -0.493 e. The maximum Gasteiger partial charge on any atom is 0.265 e. The number of rotatable bonds is 7. The summed E-state index contributed by atoms with van der Waals surface area (Å²) in [6.45, 7) is 0.784. The zero-order valence-corrected chi connectivity index (χ0v) is 18.5. The fourth-order valence-electron chi connectivity index (χ4n) is 2.43. The van der Waals surface area contributed by atoms with Crippen LogP contribution in [0.5, 0.6) is 17.2 Å². The maximum absolute atomic E-state index is 12.1. The molecule has 0 aliphatic carbocycles. The Kier molecular flexibility index (Phi) is 6.98. The Morgan fingerprint density at radius 3 is 2.46 bits per heavy atom. The van der Waals surface area contributed by atoms with Crippen molar-refractivity contribution in [3.8, 4) is 17.2 Å². The molecule has 0 aromatic heterocycles. The Labute approximate surface area is 181 Å². The lowest BCUT2D eigenvalue weighted by Gasteiger charge is -2.12. The normalized spacial score (nSPS) is 15.2. The van der Waals surface area contributed by atoms with Crippen LogP contribution < -0.4 is 14.2 Å². The van der Waals surface area contributed by atoms with E-state index in [1.54, 1.807) is 20.2 Å². The van der Waals surface area contributed by atoms with Gasteiger partial charge >= 0.3 is 0 Å². The molecule has 1 amide bonds. The third-order valence-electron chi connectivity index (χ3n) is 3.90. The van der Waals surface area contributed by atoms with Gasteiger partial charge in [-0.25, -0.2) is 0 Å². The van der Waals surface area contributed by atoms with E-state index >= 15 is 0 Å². The predicted molar refractivity (Wildman–Crippen MR) is 119 cm³/mol. The molecule has 0 atom stereocenters. The maximum atomic E-state index is 12.1. The summed E-state index contributed by atoms with van der Waals surface area (Å²) in [6.07, 6.45) is 1.80. The molecule has 146 valence electrons. The molecule has 0 saturated carbocycles. The highest BCUT2D eigenvalue weighted by Gasteiger charge is 2.28. The number of thiocarbonyl (C=S) groups is 1. The summed E-state index contributed by atoms with van der Waals surface area (Å²) >= 11 is 9.83. The smallest absolute Gasteiger partial charge is 0.265 e. The number of hydrogen-bond donors (Lipinski definition) is 0. The molecule has 0 bridgehead atoms. The number of ether oxygens (including phenoxy) is 3. The predicted octanol–water partition coefficient (Wildman–Crippen LogP) is 4.75. The highest BCUT2D eigenvalue weighted by molar-refractivity contribution is 9.10. The summed E-state index contributed by atoms with van der Waals surface area (Å²) in [5.74, 6) is 1.88. The van der Waals surface area contributed by atoms with E-state index in [-0.39, 0.29) is 5.91 Å². The lowest BCUT2D eigenvalue weighted by Crippen LogP contribution is -2.22. The van der Waals surface area contributed by atoms with Gasteiger partial charge in [0.15, 0.2) is 11.5 Å². The van der Waals surface area contributed by atoms with E-state index in [0.29, 0.717) is 33.9 Å². The van der Waals surface area contributed by atoms with Crippen LogP contribution in [0.15, 0.2) is 51.8 Å². The van der Waals surface area contributed by atoms with Crippen LogP contribution in [0, 0.1) is 0 Å². The van der Waals surface area contributed by atoms with Gasteiger partial charge in [0, 0.05) is 11.5 Å². The van der Waals surface area contributed by atoms with Gasteiger partial charge in [-0.1, -0.05) is 46.0 Å². The van der Waals surface area contributed by atoms with Gasteiger partial charge < -0.3 is 14.2 Å². The summed E-state index contributed by atoms with van der Waals surface area (Å²) in [5, 5.41) is 0. The molecule has 0 radical (unpaired) electrons. The molecule has 0 unspecified atom stereocenters. The van der Waals surface area contributed by atoms with E-state index in [9.17, 15) is 4.79 Å². The summed E-state index contributed by atoms with van der Waals surface area (Å²) in [7, 11) is 3.25. The first kappa shape index (κ1) is 20.7. The number of carbonyl (C=O) groups is 1. The minimum atomic E-state index is -0.0978. The Balaban J connectivity index is 1.61. The van der Waals surface area contributed by atoms with Crippen LogP contribution >= 0.6 is 39.9 Å². The second-order valence-electron chi connectivity index (χ2n) is 5.80. The van der Waals surface area contributed by atoms with E-state index in [1.165, 1.54) is 16.7 Å². The SMILES string of the molecule is COc1cc(/C=C2/SC(=S)N(C)C2=O)ccc1OCCOc1ccc(Br)cc1. The van der Waals surface area contributed by atoms with Gasteiger partial charge in [-0.05, 0) is 48.0 Å². The Bertz CT molecular complexity index is 915. The Morgan fingerprint density at radius 2 is 1.82 bits per heavy atom. The molecule has 0 spiro atoms. The van der Waals surface area contributed by atoms with E-state index in [4.69, 9.17) is 26.4 Å². The number of thioether (sulfide) groups is 1. The van der Waals surface area contributed by atoms with Crippen LogP contribution in [0.2, 0.25) is 0 Å². The van der Waals surface area contributed by atoms with Crippen molar-refractivity contribution < 1.29 is 19.0 Å². The number of benzene rings is 2. The molecule has 3 rings (SSSR count). The topological polar surface area (TPSA) is 48.0 Å². The van der Waals surface area contributed by atoms with Crippen LogP contribution in [0.3, 0.4) is 0 Å². The summed E-state index contributed by atoms with van der Waals surface area (Å²) in [4.78, 5) is 14.2. The zero-order valence-electron chi connectivity index (χ0n) is 15.3. The van der Waals surface area contributed by atoms with Crippen molar-refractivity contribution in [2.24, 2.45) is 0 Å². The average Bonchev–Trinajstić information content (AvgIpc) is 2.94. The number of halogens is 1. The molecule has 1 fully saturated rings. The second-order valence-corrected chi connectivity index (χ2v) is 8.39. The van der Waals surface area contributed by atoms with Gasteiger partial charge in [-0.15, -0.1) is 0 Å². The summed E-state index contributed by atoms with van der Waals surface area (Å²) < 4.78 is 18.4. The standard InChI is InChI=1S/C20H18BrNO4S2/c1-22-19(23)18(28-20(22)27)12-13-3-8-16(17(11-13)24-2)26-10-9-25-15-6-4-14(21)5-7-15/h3-8,11-12H,9-10H2,1-2H3/b18-12+. The molecule has 1 saturated heterocycles. The third kappa shape index (κ3) is 5.06. The van der Waals surface area contributed by atoms with Crippen molar-refractivity contribution in [1.82, 2.24) is 4.90 Å².